The molecule has 3 aromatic rings. The maximum absolute atomic E-state index is 12.3. The smallest absolute Gasteiger partial charge is 0.246 e. The van der Waals surface area contributed by atoms with Crippen molar-refractivity contribution < 1.29 is 9.32 Å². The van der Waals surface area contributed by atoms with Gasteiger partial charge in [-0.05, 0) is 50.2 Å². The van der Waals surface area contributed by atoms with Crippen LogP contribution in [0.4, 0.5) is 0 Å². The highest BCUT2D eigenvalue weighted by atomic mass is 35.5. The quantitative estimate of drug-likeness (QED) is 0.631. The number of rotatable bonds is 6. The Labute approximate surface area is 161 Å². The van der Waals surface area contributed by atoms with Crippen LogP contribution in [-0.4, -0.2) is 21.3 Å². The van der Waals surface area contributed by atoms with Gasteiger partial charge in [0.15, 0.2) is 0 Å². The molecule has 5 nitrogen and oxygen atoms in total. The van der Waals surface area contributed by atoms with E-state index in [9.17, 15) is 4.79 Å². The van der Waals surface area contributed by atoms with Gasteiger partial charge in [-0.1, -0.05) is 34.5 Å². The standard InChI is InChI=1S/C19H18ClN3O2S/c1-12-3-9-16(10-4-12)26-13(2)19(24)21-11-17-22-18(23-25-17)14-5-7-15(20)8-6-14/h3-10,13H,11H2,1-2H3,(H,21,24). The molecule has 1 aromatic heterocycles. The molecule has 3 rings (SSSR count). The van der Waals surface area contributed by atoms with Crippen molar-refractivity contribution >= 4 is 29.3 Å². The number of carbonyl (C=O) groups excluding carboxylic acids is 1. The first-order valence-electron chi connectivity index (χ1n) is 8.11. The van der Waals surface area contributed by atoms with E-state index < -0.39 is 0 Å². The summed E-state index contributed by atoms with van der Waals surface area (Å²) in [7, 11) is 0. The van der Waals surface area contributed by atoms with E-state index in [2.05, 4.69) is 15.5 Å². The molecule has 0 fully saturated rings. The maximum Gasteiger partial charge on any atom is 0.246 e. The van der Waals surface area contributed by atoms with E-state index >= 15 is 0 Å². The number of carbonyl (C=O) groups is 1. The molecule has 0 saturated carbocycles. The average molecular weight is 388 g/mol. The van der Waals surface area contributed by atoms with Crippen LogP contribution in [0.1, 0.15) is 18.4 Å². The van der Waals surface area contributed by atoms with Crippen LogP contribution in [0.3, 0.4) is 0 Å². The molecule has 2 aromatic carbocycles. The SMILES string of the molecule is Cc1ccc(SC(C)C(=O)NCc2nc(-c3ccc(Cl)cc3)no2)cc1. The highest BCUT2D eigenvalue weighted by Crippen LogP contribution is 2.23. The molecular formula is C19H18ClN3O2S. The number of aromatic nitrogens is 2. The van der Waals surface area contributed by atoms with Crippen molar-refractivity contribution in [2.75, 3.05) is 0 Å². The Bertz CT molecular complexity index is 879. The zero-order valence-electron chi connectivity index (χ0n) is 14.4. The number of hydrogen-bond donors (Lipinski definition) is 1. The van der Waals surface area contributed by atoms with Crippen LogP contribution in [0.5, 0.6) is 0 Å². The van der Waals surface area contributed by atoms with E-state index in [1.54, 1.807) is 12.1 Å². The summed E-state index contributed by atoms with van der Waals surface area (Å²) in [6.07, 6.45) is 0. The summed E-state index contributed by atoms with van der Waals surface area (Å²) in [6.45, 7) is 4.10. The molecule has 0 spiro atoms. The molecule has 1 atom stereocenters. The Morgan fingerprint density at radius 2 is 1.88 bits per heavy atom. The third-order valence-electron chi connectivity index (χ3n) is 3.69. The monoisotopic (exact) mass is 387 g/mol. The topological polar surface area (TPSA) is 68.0 Å². The lowest BCUT2D eigenvalue weighted by Gasteiger charge is -2.10. The first kappa shape index (κ1) is 18.5. The van der Waals surface area contributed by atoms with Gasteiger partial charge in [0, 0.05) is 15.5 Å². The summed E-state index contributed by atoms with van der Waals surface area (Å²) in [5, 5.41) is 7.17. The number of nitrogens with one attached hydrogen (secondary N) is 1. The largest absolute Gasteiger partial charge is 0.346 e. The molecule has 0 aliphatic carbocycles. The van der Waals surface area contributed by atoms with Crippen molar-refractivity contribution in [1.29, 1.82) is 0 Å². The lowest BCUT2D eigenvalue weighted by atomic mass is 10.2. The normalized spacial score (nSPS) is 12.0. The molecule has 0 aliphatic rings. The Morgan fingerprint density at radius 1 is 1.19 bits per heavy atom. The van der Waals surface area contributed by atoms with Crippen LogP contribution in [0, 0.1) is 6.92 Å². The van der Waals surface area contributed by atoms with E-state index in [-0.39, 0.29) is 17.7 Å². The van der Waals surface area contributed by atoms with Crippen LogP contribution in [-0.2, 0) is 11.3 Å². The third kappa shape index (κ3) is 4.86. The van der Waals surface area contributed by atoms with Gasteiger partial charge in [0.25, 0.3) is 0 Å². The van der Waals surface area contributed by atoms with E-state index in [0.29, 0.717) is 16.7 Å². The van der Waals surface area contributed by atoms with Crippen molar-refractivity contribution in [2.45, 2.75) is 30.5 Å². The number of nitrogens with zero attached hydrogens (tertiary/aromatic N) is 2. The number of amides is 1. The fourth-order valence-electron chi connectivity index (χ4n) is 2.22. The minimum atomic E-state index is -0.226. The van der Waals surface area contributed by atoms with Crippen LogP contribution in [0.15, 0.2) is 57.9 Å². The molecule has 7 heteroatoms. The maximum atomic E-state index is 12.3. The Kier molecular flexibility index (Phi) is 5.96. The second kappa shape index (κ2) is 8.38. The van der Waals surface area contributed by atoms with Gasteiger partial charge in [0.1, 0.15) is 0 Å². The van der Waals surface area contributed by atoms with Crippen LogP contribution in [0.2, 0.25) is 5.02 Å². The predicted molar refractivity (Wildman–Crippen MR) is 103 cm³/mol. The summed E-state index contributed by atoms with van der Waals surface area (Å²) >= 11 is 7.38. The molecule has 1 unspecified atom stereocenters. The summed E-state index contributed by atoms with van der Waals surface area (Å²) < 4.78 is 5.20. The van der Waals surface area contributed by atoms with Crippen molar-refractivity contribution in [3.8, 4) is 11.4 Å². The van der Waals surface area contributed by atoms with Crippen molar-refractivity contribution in [1.82, 2.24) is 15.5 Å². The Hall–Kier alpha value is -2.31. The first-order valence-corrected chi connectivity index (χ1v) is 9.36. The van der Waals surface area contributed by atoms with Gasteiger partial charge in [-0.3, -0.25) is 4.79 Å². The number of hydrogen-bond acceptors (Lipinski definition) is 5. The van der Waals surface area contributed by atoms with E-state index in [1.165, 1.54) is 17.3 Å². The summed E-state index contributed by atoms with van der Waals surface area (Å²) in [5.74, 6) is 0.741. The molecule has 1 N–H and O–H groups in total. The van der Waals surface area contributed by atoms with Crippen LogP contribution in [0.25, 0.3) is 11.4 Å². The number of thioether (sulfide) groups is 1. The number of benzene rings is 2. The first-order chi connectivity index (χ1) is 12.5. The van der Waals surface area contributed by atoms with Crippen LogP contribution >= 0.6 is 23.4 Å². The molecule has 0 aliphatic heterocycles. The Balaban J connectivity index is 1.54. The van der Waals surface area contributed by atoms with Crippen molar-refractivity contribution in [3.05, 3.63) is 65.0 Å². The molecule has 0 bridgehead atoms. The number of aryl methyl sites for hydroxylation is 1. The van der Waals surface area contributed by atoms with Gasteiger partial charge in [-0.15, -0.1) is 11.8 Å². The summed E-state index contributed by atoms with van der Waals surface area (Å²) in [4.78, 5) is 17.6. The fraction of sp³-hybridized carbons (Fsp3) is 0.211. The number of halogens is 1. The summed E-state index contributed by atoms with van der Waals surface area (Å²) in [5.41, 5.74) is 2.00. The molecular weight excluding hydrogens is 370 g/mol. The fourth-order valence-corrected chi connectivity index (χ4v) is 3.24. The van der Waals surface area contributed by atoms with Gasteiger partial charge in [-0.2, -0.15) is 4.98 Å². The lowest BCUT2D eigenvalue weighted by molar-refractivity contribution is -0.120. The minimum Gasteiger partial charge on any atom is -0.346 e. The van der Waals surface area contributed by atoms with Crippen molar-refractivity contribution in [3.63, 3.8) is 0 Å². The molecule has 134 valence electrons. The zero-order valence-corrected chi connectivity index (χ0v) is 16.0. The second-order valence-electron chi connectivity index (χ2n) is 5.81. The average Bonchev–Trinajstić information content (AvgIpc) is 3.11. The molecule has 1 amide bonds. The minimum absolute atomic E-state index is 0.0817. The molecule has 0 saturated heterocycles. The predicted octanol–water partition coefficient (Wildman–Crippen LogP) is 4.50. The van der Waals surface area contributed by atoms with Crippen molar-refractivity contribution in [2.24, 2.45) is 0 Å². The van der Waals surface area contributed by atoms with E-state index in [0.717, 1.165) is 10.5 Å². The molecule has 26 heavy (non-hydrogen) atoms. The van der Waals surface area contributed by atoms with Crippen LogP contribution < -0.4 is 5.32 Å². The van der Waals surface area contributed by atoms with Gasteiger partial charge in [-0.25, -0.2) is 0 Å². The molecule has 1 heterocycles. The van der Waals surface area contributed by atoms with E-state index in [4.69, 9.17) is 16.1 Å². The lowest BCUT2D eigenvalue weighted by Crippen LogP contribution is -2.30. The van der Waals surface area contributed by atoms with E-state index in [1.807, 2.05) is 50.2 Å². The Morgan fingerprint density at radius 3 is 2.58 bits per heavy atom. The molecule has 0 radical (unpaired) electrons. The summed E-state index contributed by atoms with van der Waals surface area (Å²) in [6, 6.07) is 15.2. The second-order valence-corrected chi connectivity index (χ2v) is 7.66. The highest BCUT2D eigenvalue weighted by Gasteiger charge is 2.16. The zero-order chi connectivity index (χ0) is 18.5. The van der Waals surface area contributed by atoms with Gasteiger partial charge < -0.3 is 9.84 Å². The van der Waals surface area contributed by atoms with Gasteiger partial charge in [0.05, 0.1) is 11.8 Å². The van der Waals surface area contributed by atoms with Gasteiger partial charge >= 0.3 is 0 Å². The third-order valence-corrected chi connectivity index (χ3v) is 5.05. The van der Waals surface area contributed by atoms with Gasteiger partial charge in [0.2, 0.25) is 17.6 Å². The highest BCUT2D eigenvalue weighted by molar-refractivity contribution is 8.00.